The summed E-state index contributed by atoms with van der Waals surface area (Å²) >= 11 is 7.69. The maximum Gasteiger partial charge on any atom is 0.355 e. The number of carbonyl (C=O) groups excluding carboxylic acids is 2. The molecule has 1 amide bonds. The molecule has 0 radical (unpaired) electrons. The Bertz CT molecular complexity index is 1650. The van der Waals surface area contributed by atoms with Crippen LogP contribution in [0, 0.1) is 0 Å². The molecule has 0 saturated heterocycles. The predicted octanol–water partition coefficient (Wildman–Crippen LogP) is 6.84. The molecule has 5 aromatic rings. The summed E-state index contributed by atoms with van der Waals surface area (Å²) < 4.78 is 12.3. The van der Waals surface area contributed by atoms with Gasteiger partial charge in [0.15, 0.2) is 6.10 Å². The van der Waals surface area contributed by atoms with Gasteiger partial charge in [0.2, 0.25) is 0 Å². The number of hydrazone groups is 1. The fourth-order valence-electron chi connectivity index (χ4n) is 3.73. The summed E-state index contributed by atoms with van der Waals surface area (Å²) in [6.45, 7) is 1.64. The molecule has 0 bridgehead atoms. The number of halogens is 1. The lowest BCUT2D eigenvalue weighted by Crippen LogP contribution is -2.33. The van der Waals surface area contributed by atoms with E-state index in [0.717, 1.165) is 20.9 Å². The third-order valence-corrected chi connectivity index (χ3v) is 7.28. The van der Waals surface area contributed by atoms with Gasteiger partial charge in [-0.1, -0.05) is 72.3 Å². The Morgan fingerprint density at radius 1 is 0.946 bits per heavy atom. The maximum absolute atomic E-state index is 12.9. The summed E-state index contributed by atoms with van der Waals surface area (Å²) in [6.07, 6.45) is 0.636. The average molecular weight is 529 g/mol. The van der Waals surface area contributed by atoms with E-state index >= 15 is 0 Å². The first-order chi connectivity index (χ1) is 18.0. The molecule has 0 aliphatic carbocycles. The lowest BCUT2D eigenvalue weighted by atomic mass is 10.1. The van der Waals surface area contributed by atoms with Crippen molar-refractivity contribution < 1.29 is 19.1 Å². The molecule has 8 heteroatoms. The fourth-order valence-corrected chi connectivity index (χ4v) is 5.11. The molecule has 1 N–H and O–H groups in total. The van der Waals surface area contributed by atoms with Gasteiger partial charge in [0, 0.05) is 15.6 Å². The van der Waals surface area contributed by atoms with Crippen LogP contribution in [0.5, 0.6) is 11.5 Å². The molecule has 0 aliphatic rings. The van der Waals surface area contributed by atoms with Crippen molar-refractivity contribution in [3.63, 3.8) is 0 Å². The summed E-state index contributed by atoms with van der Waals surface area (Å²) in [7, 11) is 0. The Balaban J connectivity index is 1.23. The Hall–Kier alpha value is -4.20. The van der Waals surface area contributed by atoms with Gasteiger partial charge < -0.3 is 9.47 Å². The molecule has 0 aliphatic heterocycles. The van der Waals surface area contributed by atoms with Gasteiger partial charge in [-0.15, -0.1) is 11.3 Å². The van der Waals surface area contributed by atoms with Gasteiger partial charge in [-0.25, -0.2) is 10.2 Å². The van der Waals surface area contributed by atoms with E-state index in [2.05, 4.69) is 10.5 Å². The van der Waals surface area contributed by atoms with Crippen LogP contribution in [0.25, 0.3) is 20.9 Å². The molecule has 0 saturated carbocycles. The van der Waals surface area contributed by atoms with E-state index < -0.39 is 18.0 Å². The molecule has 0 unspecified atom stereocenters. The Morgan fingerprint density at radius 3 is 2.51 bits per heavy atom. The van der Waals surface area contributed by atoms with Crippen LogP contribution in [-0.4, -0.2) is 24.2 Å². The lowest BCUT2D eigenvalue weighted by molar-refractivity contribution is -0.127. The number of nitrogens with one attached hydrogen (secondary N) is 1. The molecular weight excluding hydrogens is 508 g/mol. The van der Waals surface area contributed by atoms with Crippen molar-refractivity contribution in [2.75, 3.05) is 0 Å². The summed E-state index contributed by atoms with van der Waals surface area (Å²) in [5, 5.41) is 7.31. The zero-order valence-corrected chi connectivity index (χ0v) is 21.3. The van der Waals surface area contributed by atoms with Crippen molar-refractivity contribution >= 4 is 61.9 Å². The fraction of sp³-hybridized carbons (Fsp3) is 0.0690. The molecule has 37 heavy (non-hydrogen) atoms. The van der Waals surface area contributed by atoms with Crippen LogP contribution in [0.2, 0.25) is 5.02 Å². The Labute approximate surface area is 222 Å². The van der Waals surface area contributed by atoms with Crippen LogP contribution in [0.3, 0.4) is 0 Å². The second-order valence-electron chi connectivity index (χ2n) is 8.17. The topological polar surface area (TPSA) is 77.0 Å². The van der Waals surface area contributed by atoms with Crippen molar-refractivity contribution in [2.24, 2.45) is 5.10 Å². The zero-order valence-electron chi connectivity index (χ0n) is 19.7. The Kier molecular flexibility index (Phi) is 7.16. The van der Waals surface area contributed by atoms with E-state index in [-0.39, 0.29) is 0 Å². The number of rotatable bonds is 7. The number of carbonyl (C=O) groups is 2. The lowest BCUT2D eigenvalue weighted by Gasteiger charge is -2.13. The predicted molar refractivity (Wildman–Crippen MR) is 148 cm³/mol. The minimum absolute atomic E-state index is 0.291. The van der Waals surface area contributed by atoms with Crippen LogP contribution in [0.4, 0.5) is 0 Å². The minimum atomic E-state index is -0.776. The van der Waals surface area contributed by atoms with E-state index in [1.165, 1.54) is 17.6 Å². The number of para-hydroxylation sites is 1. The monoisotopic (exact) mass is 528 g/mol. The zero-order chi connectivity index (χ0) is 25.8. The van der Waals surface area contributed by atoms with Crippen molar-refractivity contribution in [1.82, 2.24) is 5.43 Å². The normalized spacial score (nSPS) is 12.1. The number of hydrogen-bond donors (Lipinski definition) is 1. The number of hydrogen-bond acceptors (Lipinski definition) is 6. The first-order valence-corrected chi connectivity index (χ1v) is 12.7. The largest absolute Gasteiger partial charge is 0.481 e. The van der Waals surface area contributed by atoms with Crippen LogP contribution in [-0.2, 0) is 4.79 Å². The Morgan fingerprint density at radius 2 is 1.68 bits per heavy atom. The van der Waals surface area contributed by atoms with E-state index in [1.54, 1.807) is 31.2 Å². The molecule has 1 atom stereocenters. The molecule has 0 spiro atoms. The summed E-state index contributed by atoms with van der Waals surface area (Å²) in [6, 6.07) is 28.0. The molecule has 1 aromatic heterocycles. The third kappa shape index (κ3) is 5.48. The molecule has 5 rings (SSSR count). The molecule has 1 heterocycles. The van der Waals surface area contributed by atoms with Crippen LogP contribution in [0.15, 0.2) is 96.1 Å². The highest BCUT2D eigenvalue weighted by Gasteiger charge is 2.20. The standard InChI is InChI=1S/C29H21ClN2O4S/c1-18(35-22-15-14-19-8-2-3-9-20(19)16-22)28(33)32-31-17-21-10-4-6-12-24(21)36-29(34)27-26(30)23-11-5-7-13-25(23)37-27/h2-18H,1H3,(H,32,33)/b31-17-/t18-/m0/s1. The number of amides is 1. The quantitative estimate of drug-likeness (QED) is 0.108. The highest BCUT2D eigenvalue weighted by molar-refractivity contribution is 7.21. The van der Waals surface area contributed by atoms with E-state index in [4.69, 9.17) is 21.1 Å². The summed E-state index contributed by atoms with van der Waals surface area (Å²) in [4.78, 5) is 25.7. The number of esters is 1. The van der Waals surface area contributed by atoms with Crippen molar-refractivity contribution in [3.8, 4) is 11.5 Å². The number of fused-ring (bicyclic) bond motifs is 2. The number of thiophene rings is 1. The number of ether oxygens (including phenoxy) is 2. The summed E-state index contributed by atoms with van der Waals surface area (Å²) in [5.41, 5.74) is 2.98. The summed E-state index contributed by atoms with van der Waals surface area (Å²) in [5.74, 6) is -0.105. The van der Waals surface area contributed by atoms with Crippen molar-refractivity contribution in [1.29, 1.82) is 0 Å². The highest BCUT2D eigenvalue weighted by atomic mass is 35.5. The van der Waals surface area contributed by atoms with E-state index in [9.17, 15) is 9.59 Å². The van der Waals surface area contributed by atoms with Gasteiger partial charge in [-0.05, 0) is 48.0 Å². The van der Waals surface area contributed by atoms with Crippen molar-refractivity contribution in [2.45, 2.75) is 13.0 Å². The minimum Gasteiger partial charge on any atom is -0.481 e. The maximum atomic E-state index is 12.9. The number of benzene rings is 4. The highest BCUT2D eigenvalue weighted by Crippen LogP contribution is 2.36. The molecular formula is C29H21ClN2O4S. The van der Waals surface area contributed by atoms with Crippen LogP contribution in [0.1, 0.15) is 22.2 Å². The van der Waals surface area contributed by atoms with Gasteiger partial charge in [-0.3, -0.25) is 4.79 Å². The first kappa shape index (κ1) is 24.5. The van der Waals surface area contributed by atoms with Gasteiger partial charge in [0.05, 0.1) is 11.2 Å². The first-order valence-electron chi connectivity index (χ1n) is 11.5. The molecule has 0 fully saturated rings. The van der Waals surface area contributed by atoms with E-state index in [0.29, 0.717) is 27.0 Å². The van der Waals surface area contributed by atoms with Gasteiger partial charge in [0.25, 0.3) is 5.91 Å². The molecule has 4 aromatic carbocycles. The van der Waals surface area contributed by atoms with Crippen molar-refractivity contribution in [3.05, 3.63) is 106 Å². The van der Waals surface area contributed by atoms with Gasteiger partial charge in [-0.2, -0.15) is 5.10 Å². The van der Waals surface area contributed by atoms with Gasteiger partial charge >= 0.3 is 5.97 Å². The smallest absolute Gasteiger partial charge is 0.355 e. The SMILES string of the molecule is C[C@H](Oc1ccc2ccccc2c1)C(=O)N/N=C\c1ccccc1OC(=O)c1sc2ccccc2c1Cl. The third-order valence-electron chi connectivity index (χ3n) is 5.62. The molecule has 184 valence electrons. The average Bonchev–Trinajstić information content (AvgIpc) is 3.26. The second-order valence-corrected chi connectivity index (χ2v) is 9.60. The number of nitrogens with zero attached hydrogens (tertiary/aromatic N) is 1. The molecule has 6 nitrogen and oxygen atoms in total. The van der Waals surface area contributed by atoms with Gasteiger partial charge in [0.1, 0.15) is 16.4 Å². The van der Waals surface area contributed by atoms with E-state index in [1.807, 2.05) is 66.7 Å². The van der Waals surface area contributed by atoms with Crippen LogP contribution >= 0.6 is 22.9 Å². The second kappa shape index (κ2) is 10.8. The van der Waals surface area contributed by atoms with Crippen LogP contribution < -0.4 is 14.9 Å².